The van der Waals surface area contributed by atoms with Gasteiger partial charge in [0.25, 0.3) is 5.91 Å². The van der Waals surface area contributed by atoms with E-state index in [0.717, 1.165) is 17.0 Å². The number of amides is 1. The van der Waals surface area contributed by atoms with Crippen LogP contribution >= 0.6 is 11.6 Å². The van der Waals surface area contributed by atoms with E-state index in [4.69, 9.17) is 16.1 Å². The normalized spacial score (nSPS) is 10.9. The van der Waals surface area contributed by atoms with Gasteiger partial charge in [0, 0.05) is 21.8 Å². The molecule has 2 aromatic carbocycles. The van der Waals surface area contributed by atoms with Gasteiger partial charge < -0.3 is 9.84 Å². The number of hydrogen-bond donors (Lipinski definition) is 1. The molecule has 152 valence electrons. The van der Waals surface area contributed by atoms with Crippen LogP contribution < -0.4 is 5.32 Å². The van der Waals surface area contributed by atoms with Gasteiger partial charge in [0.1, 0.15) is 11.5 Å². The lowest BCUT2D eigenvalue weighted by Gasteiger charge is -2.08. The van der Waals surface area contributed by atoms with E-state index in [-0.39, 0.29) is 23.7 Å². The zero-order valence-electron chi connectivity index (χ0n) is 16.2. The average molecular weight is 426 g/mol. The Morgan fingerprint density at radius 2 is 1.93 bits per heavy atom. The number of benzene rings is 2. The summed E-state index contributed by atoms with van der Waals surface area (Å²) in [6.45, 7) is 3.68. The summed E-state index contributed by atoms with van der Waals surface area (Å²) in [5.41, 5.74) is 2.78. The van der Waals surface area contributed by atoms with E-state index in [9.17, 15) is 9.18 Å². The van der Waals surface area contributed by atoms with Gasteiger partial charge in [-0.25, -0.2) is 9.07 Å². The molecule has 4 aromatic rings. The highest BCUT2D eigenvalue weighted by molar-refractivity contribution is 6.30. The molecule has 7 nitrogen and oxygen atoms in total. The first kappa shape index (κ1) is 19.8. The maximum atomic E-state index is 14.6. The fraction of sp³-hybridized carbons (Fsp3) is 0.143. The number of aryl methyl sites for hydroxylation is 2. The number of rotatable bonds is 5. The second kappa shape index (κ2) is 8.08. The Hall–Kier alpha value is -3.52. The fourth-order valence-electron chi connectivity index (χ4n) is 2.99. The molecule has 0 aliphatic carbocycles. The Bertz CT molecular complexity index is 1220. The lowest BCUT2D eigenvalue weighted by molar-refractivity contribution is 0.0946. The van der Waals surface area contributed by atoms with Gasteiger partial charge in [0.05, 0.1) is 12.2 Å². The van der Waals surface area contributed by atoms with E-state index in [1.54, 1.807) is 24.3 Å². The number of aromatic nitrogens is 4. The predicted octanol–water partition coefficient (Wildman–Crippen LogP) is 4.26. The van der Waals surface area contributed by atoms with E-state index < -0.39 is 11.7 Å². The third-order valence-electron chi connectivity index (χ3n) is 4.42. The third-order valence-corrected chi connectivity index (χ3v) is 4.67. The minimum atomic E-state index is -0.545. The largest absolute Gasteiger partial charge is 0.343 e. The molecule has 2 heterocycles. The number of hydrogen-bond acceptors (Lipinski definition) is 5. The Kier molecular flexibility index (Phi) is 5.33. The highest BCUT2D eigenvalue weighted by Gasteiger charge is 2.15. The minimum absolute atomic E-state index is 0.0141. The molecule has 1 amide bonds. The van der Waals surface area contributed by atoms with Crippen LogP contribution in [-0.2, 0) is 6.54 Å². The first-order valence-electron chi connectivity index (χ1n) is 9.10. The number of nitrogens with one attached hydrogen (secondary N) is 1. The quantitative estimate of drug-likeness (QED) is 0.516. The maximum Gasteiger partial charge on any atom is 0.251 e. The van der Waals surface area contributed by atoms with Gasteiger partial charge in [-0.05, 0) is 62.4 Å². The highest BCUT2D eigenvalue weighted by Crippen LogP contribution is 2.19. The monoisotopic (exact) mass is 425 g/mol. The van der Waals surface area contributed by atoms with Crippen LogP contribution in [0.2, 0.25) is 5.02 Å². The van der Waals surface area contributed by atoms with Gasteiger partial charge in [0.15, 0.2) is 0 Å². The fourth-order valence-corrected chi connectivity index (χ4v) is 3.12. The summed E-state index contributed by atoms with van der Waals surface area (Å²) < 4.78 is 21.2. The van der Waals surface area contributed by atoms with Crippen molar-refractivity contribution in [2.24, 2.45) is 0 Å². The molecule has 2 aromatic heterocycles. The predicted molar refractivity (Wildman–Crippen MR) is 109 cm³/mol. The molecule has 0 radical (unpaired) electrons. The third kappa shape index (κ3) is 4.08. The molecule has 0 fully saturated rings. The van der Waals surface area contributed by atoms with Crippen LogP contribution in [0.4, 0.5) is 4.39 Å². The zero-order valence-corrected chi connectivity index (χ0v) is 16.9. The van der Waals surface area contributed by atoms with E-state index in [0.29, 0.717) is 10.8 Å². The Morgan fingerprint density at radius 3 is 2.60 bits per heavy atom. The molecule has 30 heavy (non-hydrogen) atoms. The number of halogens is 2. The smallest absolute Gasteiger partial charge is 0.251 e. The first-order chi connectivity index (χ1) is 14.4. The summed E-state index contributed by atoms with van der Waals surface area (Å²) in [6, 6.07) is 13.1. The number of nitrogens with zero attached hydrogens (tertiary/aromatic N) is 4. The van der Waals surface area contributed by atoms with Crippen LogP contribution in [0.1, 0.15) is 27.6 Å². The van der Waals surface area contributed by atoms with Gasteiger partial charge in [-0.15, -0.1) is 0 Å². The van der Waals surface area contributed by atoms with E-state index in [1.165, 1.54) is 22.9 Å². The summed E-state index contributed by atoms with van der Waals surface area (Å²) in [4.78, 5) is 16.6. The SMILES string of the molecule is Cc1cc(C)n(-c2ccc(C(=O)NCc3nc(-c4ccc(Cl)cc4)no3)cc2F)n1. The molecule has 0 aliphatic rings. The van der Waals surface area contributed by atoms with Gasteiger partial charge in [-0.3, -0.25) is 4.79 Å². The molecule has 0 saturated carbocycles. The van der Waals surface area contributed by atoms with Crippen LogP contribution in [0.15, 0.2) is 53.1 Å². The molecule has 0 aliphatic heterocycles. The van der Waals surface area contributed by atoms with Crippen molar-refractivity contribution in [1.29, 1.82) is 0 Å². The van der Waals surface area contributed by atoms with Crippen LogP contribution in [0.5, 0.6) is 0 Å². The van der Waals surface area contributed by atoms with Crippen LogP contribution in [-0.4, -0.2) is 25.8 Å². The molecular formula is C21H17ClFN5O2. The summed E-state index contributed by atoms with van der Waals surface area (Å²) in [6.07, 6.45) is 0. The summed E-state index contributed by atoms with van der Waals surface area (Å²) in [5, 5.41) is 11.4. The highest BCUT2D eigenvalue weighted by atomic mass is 35.5. The van der Waals surface area contributed by atoms with E-state index in [1.807, 2.05) is 19.9 Å². The van der Waals surface area contributed by atoms with Crippen molar-refractivity contribution in [3.05, 3.63) is 82.2 Å². The van der Waals surface area contributed by atoms with Crippen LogP contribution in [0, 0.1) is 19.7 Å². The lowest BCUT2D eigenvalue weighted by Crippen LogP contribution is -2.23. The maximum absolute atomic E-state index is 14.6. The van der Waals surface area contributed by atoms with Crippen molar-refractivity contribution in [1.82, 2.24) is 25.2 Å². The van der Waals surface area contributed by atoms with Crippen molar-refractivity contribution in [3.63, 3.8) is 0 Å². The van der Waals surface area contributed by atoms with Gasteiger partial charge in [0.2, 0.25) is 11.7 Å². The molecule has 1 N–H and O–H groups in total. The molecule has 4 rings (SSSR count). The van der Waals surface area contributed by atoms with E-state index in [2.05, 4.69) is 20.6 Å². The molecule has 0 bridgehead atoms. The Balaban J connectivity index is 1.44. The van der Waals surface area contributed by atoms with Crippen molar-refractivity contribution < 1.29 is 13.7 Å². The number of carbonyl (C=O) groups is 1. The van der Waals surface area contributed by atoms with Gasteiger partial charge >= 0.3 is 0 Å². The second-order valence-electron chi connectivity index (χ2n) is 6.71. The average Bonchev–Trinajstić information content (AvgIpc) is 3.32. The molecule has 9 heteroatoms. The van der Waals surface area contributed by atoms with Gasteiger partial charge in [-0.2, -0.15) is 10.1 Å². The van der Waals surface area contributed by atoms with Crippen molar-refractivity contribution in [2.45, 2.75) is 20.4 Å². The summed E-state index contributed by atoms with van der Waals surface area (Å²) >= 11 is 5.87. The standard InChI is InChI=1S/C21H17ClFN5O2/c1-12-9-13(2)28(26-12)18-8-5-15(10-17(18)23)21(29)24-11-19-25-20(27-30-19)14-3-6-16(22)7-4-14/h3-10H,11H2,1-2H3,(H,24,29). The summed E-state index contributed by atoms with van der Waals surface area (Å²) in [7, 11) is 0. The topological polar surface area (TPSA) is 85.8 Å². The van der Waals surface area contributed by atoms with Crippen molar-refractivity contribution >= 4 is 17.5 Å². The van der Waals surface area contributed by atoms with Crippen molar-refractivity contribution in [2.75, 3.05) is 0 Å². The van der Waals surface area contributed by atoms with Gasteiger partial charge in [-0.1, -0.05) is 16.8 Å². The molecule has 0 spiro atoms. The molecule has 0 unspecified atom stereocenters. The Labute approximate surface area is 176 Å². The summed E-state index contributed by atoms with van der Waals surface area (Å²) in [5.74, 6) is -0.388. The molecule has 0 atom stereocenters. The minimum Gasteiger partial charge on any atom is -0.343 e. The van der Waals surface area contributed by atoms with Crippen LogP contribution in [0.25, 0.3) is 17.1 Å². The molecule has 0 saturated heterocycles. The van der Waals surface area contributed by atoms with Crippen LogP contribution in [0.3, 0.4) is 0 Å². The molecular weight excluding hydrogens is 409 g/mol. The Morgan fingerprint density at radius 1 is 1.17 bits per heavy atom. The van der Waals surface area contributed by atoms with Crippen molar-refractivity contribution in [3.8, 4) is 17.1 Å². The zero-order chi connectivity index (χ0) is 21.3. The van der Waals surface area contributed by atoms with E-state index >= 15 is 0 Å². The lowest BCUT2D eigenvalue weighted by atomic mass is 10.2. The first-order valence-corrected chi connectivity index (χ1v) is 9.48. The second-order valence-corrected chi connectivity index (χ2v) is 7.14. The number of carbonyl (C=O) groups excluding carboxylic acids is 1.